The van der Waals surface area contributed by atoms with Gasteiger partial charge in [-0.25, -0.2) is 0 Å². The molecule has 1 nitrogen and oxygen atoms in total. The summed E-state index contributed by atoms with van der Waals surface area (Å²) in [7, 11) is 0. The number of hydrogen-bond acceptors (Lipinski definition) is 1. The lowest BCUT2D eigenvalue weighted by atomic mass is 10.0. The van der Waals surface area contributed by atoms with Gasteiger partial charge in [0.05, 0.1) is 0 Å². The Bertz CT molecular complexity index is 477. The molecule has 2 aromatic rings. The van der Waals surface area contributed by atoms with Crippen molar-refractivity contribution in [3.8, 4) is 0 Å². The number of carbonyl (C=O) groups excluding carboxylic acids is 1. The minimum absolute atomic E-state index is 0.0573. The van der Waals surface area contributed by atoms with Gasteiger partial charge in [0.15, 0.2) is 5.78 Å². The first-order chi connectivity index (χ1) is 7.27. The Hall–Kier alpha value is -1.60. The smallest absolute Gasteiger partial charge is 0.193 e. The van der Waals surface area contributed by atoms with Gasteiger partial charge in [0.25, 0.3) is 0 Å². The molecular formula is C13H8ClO. The Morgan fingerprint density at radius 1 is 1.00 bits per heavy atom. The molecule has 2 heteroatoms. The van der Waals surface area contributed by atoms with E-state index in [4.69, 9.17) is 11.6 Å². The van der Waals surface area contributed by atoms with Gasteiger partial charge in [-0.2, -0.15) is 0 Å². The van der Waals surface area contributed by atoms with Crippen molar-refractivity contribution in [1.29, 1.82) is 0 Å². The number of halogens is 1. The van der Waals surface area contributed by atoms with Crippen LogP contribution in [-0.4, -0.2) is 5.78 Å². The second kappa shape index (κ2) is 4.28. The number of ketones is 1. The maximum Gasteiger partial charge on any atom is 0.193 e. The molecule has 0 saturated carbocycles. The highest BCUT2D eigenvalue weighted by molar-refractivity contribution is 6.31. The van der Waals surface area contributed by atoms with Crippen LogP contribution in [0.2, 0.25) is 5.02 Å². The van der Waals surface area contributed by atoms with Gasteiger partial charge in [-0.3, -0.25) is 4.79 Å². The molecule has 73 valence electrons. The highest BCUT2D eigenvalue weighted by Crippen LogP contribution is 2.13. The highest BCUT2D eigenvalue weighted by Gasteiger charge is 2.08. The van der Waals surface area contributed by atoms with Crippen molar-refractivity contribution in [3.05, 3.63) is 70.7 Å². The van der Waals surface area contributed by atoms with Crippen LogP contribution in [0.1, 0.15) is 15.9 Å². The highest BCUT2D eigenvalue weighted by atomic mass is 35.5. The molecule has 2 rings (SSSR count). The molecule has 0 unspecified atom stereocenters. The second-order valence-electron chi connectivity index (χ2n) is 3.11. The molecule has 0 aliphatic heterocycles. The molecule has 0 atom stereocenters. The largest absolute Gasteiger partial charge is 0.289 e. The minimum atomic E-state index is -0.0573. The van der Waals surface area contributed by atoms with Gasteiger partial charge in [-0.1, -0.05) is 54.1 Å². The van der Waals surface area contributed by atoms with Crippen LogP contribution in [0.4, 0.5) is 0 Å². The monoisotopic (exact) mass is 215 g/mol. The van der Waals surface area contributed by atoms with E-state index in [1.54, 1.807) is 30.3 Å². The van der Waals surface area contributed by atoms with Crippen molar-refractivity contribution in [2.45, 2.75) is 0 Å². The van der Waals surface area contributed by atoms with Crippen LogP contribution in [0.15, 0.2) is 48.5 Å². The van der Waals surface area contributed by atoms with Gasteiger partial charge in [0.1, 0.15) is 0 Å². The molecule has 0 fully saturated rings. The third-order valence-corrected chi connectivity index (χ3v) is 2.26. The van der Waals surface area contributed by atoms with Gasteiger partial charge in [-0.05, 0) is 6.07 Å². The second-order valence-corrected chi connectivity index (χ2v) is 3.51. The van der Waals surface area contributed by atoms with E-state index >= 15 is 0 Å². The molecule has 0 amide bonds. The lowest BCUT2D eigenvalue weighted by Gasteiger charge is -2.00. The number of rotatable bonds is 2. The minimum Gasteiger partial charge on any atom is -0.289 e. The van der Waals surface area contributed by atoms with E-state index in [1.165, 1.54) is 0 Å². The first-order valence-corrected chi connectivity index (χ1v) is 4.93. The molecule has 15 heavy (non-hydrogen) atoms. The molecular weight excluding hydrogens is 208 g/mol. The first kappa shape index (κ1) is 9.94. The van der Waals surface area contributed by atoms with E-state index in [0.717, 1.165) is 0 Å². The van der Waals surface area contributed by atoms with E-state index in [1.807, 2.05) is 18.2 Å². The predicted molar refractivity (Wildman–Crippen MR) is 60.2 cm³/mol. The third-order valence-electron chi connectivity index (χ3n) is 2.04. The van der Waals surface area contributed by atoms with Gasteiger partial charge in [0.2, 0.25) is 0 Å². The van der Waals surface area contributed by atoms with E-state index < -0.39 is 0 Å². The van der Waals surface area contributed by atoms with E-state index in [0.29, 0.717) is 16.1 Å². The SMILES string of the molecule is O=C(c1[c]c(Cl)ccc1)c1ccccc1. The Kier molecular flexibility index (Phi) is 2.84. The average molecular weight is 216 g/mol. The Morgan fingerprint density at radius 3 is 2.40 bits per heavy atom. The lowest BCUT2D eigenvalue weighted by molar-refractivity contribution is 0.103. The van der Waals surface area contributed by atoms with Crippen molar-refractivity contribution in [1.82, 2.24) is 0 Å². The molecule has 0 N–H and O–H groups in total. The number of benzene rings is 2. The Balaban J connectivity index is 2.37. The van der Waals surface area contributed by atoms with Crippen LogP contribution in [0, 0.1) is 6.07 Å². The van der Waals surface area contributed by atoms with Crippen LogP contribution < -0.4 is 0 Å². The molecule has 2 aromatic carbocycles. The van der Waals surface area contributed by atoms with Gasteiger partial charge in [-0.15, -0.1) is 0 Å². The summed E-state index contributed by atoms with van der Waals surface area (Å²) in [6, 6.07) is 17.1. The fourth-order valence-electron chi connectivity index (χ4n) is 1.32. The lowest BCUT2D eigenvalue weighted by Crippen LogP contribution is -2.00. The van der Waals surface area contributed by atoms with E-state index in [2.05, 4.69) is 6.07 Å². The van der Waals surface area contributed by atoms with E-state index in [9.17, 15) is 4.79 Å². The van der Waals surface area contributed by atoms with Crippen LogP contribution in [0.3, 0.4) is 0 Å². The zero-order valence-corrected chi connectivity index (χ0v) is 8.66. The molecule has 0 heterocycles. The quantitative estimate of drug-likeness (QED) is 0.702. The summed E-state index contributed by atoms with van der Waals surface area (Å²) in [6.07, 6.45) is 0. The summed E-state index contributed by atoms with van der Waals surface area (Å²) in [4.78, 5) is 11.9. The summed E-state index contributed by atoms with van der Waals surface area (Å²) < 4.78 is 0. The van der Waals surface area contributed by atoms with Crippen LogP contribution >= 0.6 is 11.6 Å². The zero-order valence-electron chi connectivity index (χ0n) is 7.91. The maximum absolute atomic E-state index is 11.9. The summed E-state index contributed by atoms with van der Waals surface area (Å²) in [5, 5.41) is 0.455. The average Bonchev–Trinajstić information content (AvgIpc) is 2.29. The van der Waals surface area contributed by atoms with Crippen molar-refractivity contribution in [2.24, 2.45) is 0 Å². The summed E-state index contributed by atoms with van der Waals surface area (Å²) in [5.74, 6) is -0.0573. The fraction of sp³-hybridized carbons (Fsp3) is 0. The van der Waals surface area contributed by atoms with Crippen molar-refractivity contribution in [2.75, 3.05) is 0 Å². The molecule has 0 aliphatic rings. The standard InChI is InChI=1S/C13H8ClO/c14-12-8-4-7-11(9-12)13(15)10-5-2-1-3-6-10/h1-8H. The molecule has 0 aromatic heterocycles. The normalized spacial score (nSPS) is 9.93. The fourth-order valence-corrected chi connectivity index (χ4v) is 1.49. The summed E-state index contributed by atoms with van der Waals surface area (Å²) >= 11 is 5.77. The van der Waals surface area contributed by atoms with Crippen LogP contribution in [0.5, 0.6) is 0 Å². The first-order valence-electron chi connectivity index (χ1n) is 4.55. The van der Waals surface area contributed by atoms with E-state index in [-0.39, 0.29) is 5.78 Å². The molecule has 0 aliphatic carbocycles. The molecule has 0 saturated heterocycles. The van der Waals surface area contributed by atoms with Gasteiger partial charge >= 0.3 is 0 Å². The van der Waals surface area contributed by atoms with Gasteiger partial charge < -0.3 is 0 Å². The number of carbonyl (C=O) groups is 1. The maximum atomic E-state index is 11.9. The Morgan fingerprint density at radius 2 is 1.73 bits per heavy atom. The summed E-state index contributed by atoms with van der Waals surface area (Å²) in [6.45, 7) is 0. The Labute approximate surface area is 93.3 Å². The molecule has 0 spiro atoms. The van der Waals surface area contributed by atoms with Crippen LogP contribution in [0.25, 0.3) is 0 Å². The molecule has 1 radical (unpaired) electrons. The van der Waals surface area contributed by atoms with Gasteiger partial charge in [0, 0.05) is 22.2 Å². The third kappa shape index (κ3) is 2.25. The zero-order chi connectivity index (χ0) is 10.7. The number of hydrogen-bond donors (Lipinski definition) is 0. The van der Waals surface area contributed by atoms with Crippen molar-refractivity contribution < 1.29 is 4.79 Å². The summed E-state index contributed by atoms with van der Waals surface area (Å²) in [5.41, 5.74) is 1.14. The van der Waals surface area contributed by atoms with Crippen molar-refractivity contribution >= 4 is 17.4 Å². The van der Waals surface area contributed by atoms with Crippen LogP contribution in [-0.2, 0) is 0 Å². The van der Waals surface area contributed by atoms with Crippen molar-refractivity contribution in [3.63, 3.8) is 0 Å². The predicted octanol–water partition coefficient (Wildman–Crippen LogP) is 3.37. The topological polar surface area (TPSA) is 17.1 Å². The molecule has 0 bridgehead atoms.